The second-order valence-corrected chi connectivity index (χ2v) is 11.9. The van der Waals surface area contributed by atoms with E-state index in [1.807, 2.05) is 0 Å². The van der Waals surface area contributed by atoms with Crippen molar-refractivity contribution in [3.63, 3.8) is 0 Å². The van der Waals surface area contributed by atoms with Crippen molar-refractivity contribution >= 4 is 23.4 Å². The number of tetrazole rings is 1. The highest BCUT2D eigenvalue weighted by atomic mass is 32.2. The van der Waals surface area contributed by atoms with Gasteiger partial charge in [0.25, 0.3) is 5.16 Å². The summed E-state index contributed by atoms with van der Waals surface area (Å²) in [7, 11) is -8.80. The second-order valence-electron chi connectivity index (χ2n) is 7.51. The van der Waals surface area contributed by atoms with Crippen LogP contribution in [0.5, 0.6) is 0 Å². The standard InChI is InChI=1S/C20H30N5O9PS/c1-4-32-18(26)13-10-14-20(25(27)28,35(29,33-5-2)34-6-3)15-16-36(30,31)19-21-22-23-24(19)17-11-8-7-9-12-17/h7-9,11-12H,4-6,10,13-16H2,1-3H3/t20-/m0/s1. The quantitative estimate of drug-likeness (QED) is 0.130. The molecule has 1 atom stereocenters. The van der Waals surface area contributed by atoms with Crippen LogP contribution >= 0.6 is 7.60 Å². The maximum absolute atomic E-state index is 13.7. The number of carbonyl (C=O) groups is 1. The summed E-state index contributed by atoms with van der Waals surface area (Å²) in [6.07, 6.45) is -1.48. The number of nitro groups is 1. The highest BCUT2D eigenvalue weighted by Crippen LogP contribution is 2.63. The minimum atomic E-state index is -4.50. The molecule has 0 N–H and O–H groups in total. The minimum Gasteiger partial charge on any atom is -0.466 e. The molecule has 1 aromatic heterocycles. The van der Waals surface area contributed by atoms with Gasteiger partial charge in [0.2, 0.25) is 9.84 Å². The molecular formula is C20H30N5O9PS. The predicted molar refractivity (Wildman–Crippen MR) is 127 cm³/mol. The Balaban J connectivity index is 2.44. The number of rotatable bonds is 16. The summed E-state index contributed by atoms with van der Waals surface area (Å²) in [5.41, 5.74) is 0.366. The topological polar surface area (TPSA) is 183 Å². The molecule has 2 rings (SSSR count). The molecule has 0 bridgehead atoms. The zero-order valence-electron chi connectivity index (χ0n) is 20.3. The Morgan fingerprint density at radius 2 is 1.75 bits per heavy atom. The van der Waals surface area contributed by atoms with Crippen molar-refractivity contribution in [2.24, 2.45) is 0 Å². The van der Waals surface area contributed by atoms with Gasteiger partial charge in [0.15, 0.2) is 0 Å². The fourth-order valence-electron chi connectivity index (χ4n) is 3.54. The Morgan fingerprint density at radius 3 is 2.31 bits per heavy atom. The van der Waals surface area contributed by atoms with Gasteiger partial charge in [-0.05, 0) is 49.8 Å². The summed E-state index contributed by atoms with van der Waals surface area (Å²) in [5, 5.41) is 20.2. The fraction of sp³-hybridized carbons (Fsp3) is 0.600. The van der Waals surface area contributed by atoms with Crippen LogP contribution in [0.25, 0.3) is 5.69 Å². The minimum absolute atomic E-state index is 0.105. The number of benzene rings is 1. The molecule has 0 fully saturated rings. The first-order chi connectivity index (χ1) is 17.1. The van der Waals surface area contributed by atoms with Gasteiger partial charge in [-0.3, -0.25) is 19.5 Å². The number of para-hydroxylation sites is 1. The number of sulfone groups is 1. The highest BCUT2D eigenvalue weighted by Gasteiger charge is 2.62. The Bertz CT molecular complexity index is 1170. The van der Waals surface area contributed by atoms with Crippen molar-refractivity contribution in [3.05, 3.63) is 40.4 Å². The van der Waals surface area contributed by atoms with Crippen LogP contribution in [0.15, 0.2) is 35.5 Å². The molecule has 1 heterocycles. The number of carbonyl (C=O) groups excluding carboxylic acids is 1. The normalized spacial score (nSPS) is 13.8. The molecule has 0 unspecified atom stereocenters. The molecule has 0 spiro atoms. The molecule has 1 aromatic carbocycles. The average Bonchev–Trinajstić information content (AvgIpc) is 3.33. The van der Waals surface area contributed by atoms with E-state index < -0.39 is 57.4 Å². The van der Waals surface area contributed by atoms with E-state index in [1.165, 1.54) is 13.8 Å². The number of ether oxygens (including phenoxy) is 1. The number of esters is 1. The molecule has 200 valence electrons. The van der Waals surface area contributed by atoms with E-state index in [-0.39, 0.29) is 32.7 Å². The van der Waals surface area contributed by atoms with Gasteiger partial charge in [-0.25, -0.2) is 8.42 Å². The molecule has 0 aliphatic heterocycles. The van der Waals surface area contributed by atoms with Crippen molar-refractivity contribution in [2.45, 2.75) is 56.9 Å². The van der Waals surface area contributed by atoms with Crippen LogP contribution in [0.4, 0.5) is 0 Å². The van der Waals surface area contributed by atoms with Crippen molar-refractivity contribution in [1.29, 1.82) is 0 Å². The number of hydrogen-bond donors (Lipinski definition) is 0. The molecule has 0 amide bonds. The molecule has 0 saturated carbocycles. The van der Waals surface area contributed by atoms with Crippen LogP contribution < -0.4 is 0 Å². The van der Waals surface area contributed by atoms with Gasteiger partial charge in [0, 0.05) is 24.2 Å². The average molecular weight is 548 g/mol. The first-order valence-electron chi connectivity index (χ1n) is 11.3. The van der Waals surface area contributed by atoms with Gasteiger partial charge >= 0.3 is 18.8 Å². The molecule has 0 radical (unpaired) electrons. The van der Waals surface area contributed by atoms with Crippen LogP contribution in [0.2, 0.25) is 0 Å². The molecule has 14 nitrogen and oxygen atoms in total. The first kappa shape index (κ1) is 29.5. The molecule has 2 aromatic rings. The molecule has 36 heavy (non-hydrogen) atoms. The zero-order valence-corrected chi connectivity index (χ0v) is 22.0. The molecule has 0 saturated heterocycles. The largest absolute Gasteiger partial charge is 0.466 e. The van der Waals surface area contributed by atoms with Crippen molar-refractivity contribution < 1.29 is 36.5 Å². The maximum atomic E-state index is 13.7. The lowest BCUT2D eigenvalue weighted by atomic mass is 10.1. The van der Waals surface area contributed by atoms with Crippen molar-refractivity contribution in [3.8, 4) is 5.69 Å². The van der Waals surface area contributed by atoms with E-state index in [4.69, 9.17) is 13.8 Å². The van der Waals surface area contributed by atoms with E-state index >= 15 is 0 Å². The van der Waals surface area contributed by atoms with Gasteiger partial charge < -0.3 is 13.8 Å². The molecule has 0 aliphatic rings. The Labute approximate surface area is 208 Å². The highest BCUT2D eigenvalue weighted by molar-refractivity contribution is 7.91. The molecule has 0 aliphatic carbocycles. The van der Waals surface area contributed by atoms with Crippen molar-refractivity contribution in [1.82, 2.24) is 20.2 Å². The third kappa shape index (κ3) is 6.72. The summed E-state index contributed by atoms with van der Waals surface area (Å²) in [4.78, 5) is 23.4. The van der Waals surface area contributed by atoms with Gasteiger partial charge in [-0.15, -0.1) is 0 Å². The summed E-state index contributed by atoms with van der Waals surface area (Å²) < 4.78 is 56.6. The van der Waals surface area contributed by atoms with Crippen LogP contribution in [0, 0.1) is 10.1 Å². The lowest BCUT2D eigenvalue weighted by Crippen LogP contribution is -2.41. The smallest absolute Gasteiger partial charge is 0.406 e. The lowest BCUT2D eigenvalue weighted by Gasteiger charge is -2.31. The van der Waals surface area contributed by atoms with E-state index in [2.05, 4.69) is 15.5 Å². The fourth-order valence-corrected chi connectivity index (χ4v) is 7.30. The Kier molecular flexibility index (Phi) is 10.6. The second kappa shape index (κ2) is 13.0. The number of aromatic nitrogens is 4. The predicted octanol–water partition coefficient (Wildman–Crippen LogP) is 2.80. The summed E-state index contributed by atoms with van der Waals surface area (Å²) in [5.74, 6) is -1.42. The summed E-state index contributed by atoms with van der Waals surface area (Å²) in [6.45, 7) is 4.36. The Morgan fingerprint density at radius 1 is 1.11 bits per heavy atom. The molecular weight excluding hydrogens is 517 g/mol. The van der Waals surface area contributed by atoms with Gasteiger partial charge in [0.1, 0.15) is 0 Å². The maximum Gasteiger partial charge on any atom is 0.406 e. The van der Waals surface area contributed by atoms with E-state index in [1.54, 1.807) is 37.3 Å². The number of nitrogens with zero attached hydrogens (tertiary/aromatic N) is 5. The number of hydrogen-bond acceptors (Lipinski definition) is 12. The summed E-state index contributed by atoms with van der Waals surface area (Å²) in [6, 6.07) is 8.22. The van der Waals surface area contributed by atoms with E-state index in [0.717, 1.165) is 4.68 Å². The van der Waals surface area contributed by atoms with Crippen LogP contribution in [-0.4, -0.2) is 70.4 Å². The monoisotopic (exact) mass is 547 g/mol. The molecule has 16 heteroatoms. The van der Waals surface area contributed by atoms with Gasteiger partial charge in [0.05, 0.1) is 31.3 Å². The van der Waals surface area contributed by atoms with Crippen molar-refractivity contribution in [2.75, 3.05) is 25.6 Å². The van der Waals surface area contributed by atoms with Crippen LogP contribution in [0.1, 0.15) is 46.5 Å². The van der Waals surface area contributed by atoms with Gasteiger partial charge in [-0.2, -0.15) is 4.68 Å². The first-order valence-corrected chi connectivity index (χ1v) is 14.5. The Hall–Kier alpha value is -2.74. The zero-order chi connectivity index (χ0) is 26.8. The van der Waals surface area contributed by atoms with Crippen LogP contribution in [0.3, 0.4) is 0 Å². The van der Waals surface area contributed by atoms with Crippen LogP contribution in [-0.2, 0) is 33.0 Å². The third-order valence-electron chi connectivity index (χ3n) is 5.20. The lowest BCUT2D eigenvalue weighted by molar-refractivity contribution is -0.546. The summed E-state index contributed by atoms with van der Waals surface area (Å²) >= 11 is 0. The third-order valence-corrected chi connectivity index (χ3v) is 9.58. The van der Waals surface area contributed by atoms with Gasteiger partial charge in [-0.1, -0.05) is 23.3 Å². The van der Waals surface area contributed by atoms with E-state index in [9.17, 15) is 27.9 Å². The van der Waals surface area contributed by atoms with E-state index in [0.29, 0.717) is 5.69 Å². The SMILES string of the molecule is CCOC(=O)CCC[C@](CCS(=O)(=O)c1nnnn1-c1ccccc1)([N+](=O)[O-])P(=O)(OCC)OCC.